The van der Waals surface area contributed by atoms with Crippen LogP contribution in [0.25, 0.3) is 0 Å². The number of nitrogens with zero attached hydrogens (tertiary/aromatic N) is 3. The standard InChI is InChI=1S/C12H18N4O2/c1-15(7-9-5-14-16(2)8-9)12(18)10-3-4-11(17)13-6-10/h5,8,10H,3-4,6-7H2,1-2H3,(H,13,17). The van der Waals surface area contributed by atoms with Gasteiger partial charge in [-0.1, -0.05) is 0 Å². The van der Waals surface area contributed by atoms with Crippen molar-refractivity contribution in [3.05, 3.63) is 18.0 Å². The van der Waals surface area contributed by atoms with E-state index in [0.717, 1.165) is 5.56 Å². The van der Waals surface area contributed by atoms with Crippen LogP contribution in [-0.2, 0) is 23.2 Å². The van der Waals surface area contributed by atoms with Gasteiger partial charge in [0, 0.05) is 45.4 Å². The van der Waals surface area contributed by atoms with E-state index in [1.165, 1.54) is 0 Å². The van der Waals surface area contributed by atoms with Gasteiger partial charge in [0.05, 0.1) is 12.1 Å². The lowest BCUT2D eigenvalue weighted by atomic mass is 9.98. The zero-order chi connectivity index (χ0) is 13.1. The molecule has 0 radical (unpaired) electrons. The number of amides is 2. The third kappa shape index (κ3) is 2.88. The Kier molecular flexibility index (Phi) is 3.64. The van der Waals surface area contributed by atoms with E-state index in [-0.39, 0.29) is 17.7 Å². The molecule has 0 saturated carbocycles. The number of piperidine rings is 1. The van der Waals surface area contributed by atoms with Gasteiger partial charge in [-0.15, -0.1) is 0 Å². The van der Waals surface area contributed by atoms with Crippen molar-refractivity contribution in [2.45, 2.75) is 19.4 Å². The van der Waals surface area contributed by atoms with Crippen molar-refractivity contribution in [1.29, 1.82) is 0 Å². The molecule has 1 atom stereocenters. The number of aromatic nitrogens is 2. The summed E-state index contributed by atoms with van der Waals surface area (Å²) < 4.78 is 1.72. The fourth-order valence-electron chi connectivity index (χ4n) is 2.16. The van der Waals surface area contributed by atoms with Gasteiger partial charge in [-0.2, -0.15) is 5.10 Å². The van der Waals surface area contributed by atoms with Crippen LogP contribution in [-0.4, -0.2) is 40.1 Å². The molecule has 1 aliphatic rings. The second kappa shape index (κ2) is 5.20. The van der Waals surface area contributed by atoms with Crippen LogP contribution in [0.3, 0.4) is 0 Å². The Morgan fingerprint density at radius 3 is 3.00 bits per heavy atom. The molecule has 0 aromatic carbocycles. The Hall–Kier alpha value is -1.85. The number of hydrogen-bond donors (Lipinski definition) is 1. The van der Waals surface area contributed by atoms with E-state index in [9.17, 15) is 9.59 Å². The van der Waals surface area contributed by atoms with Gasteiger partial charge in [-0.3, -0.25) is 14.3 Å². The molecule has 0 spiro atoms. The maximum Gasteiger partial charge on any atom is 0.227 e. The highest BCUT2D eigenvalue weighted by Crippen LogP contribution is 2.14. The van der Waals surface area contributed by atoms with E-state index in [2.05, 4.69) is 10.4 Å². The molecule has 1 aliphatic heterocycles. The minimum Gasteiger partial charge on any atom is -0.355 e. The number of nitrogens with one attached hydrogen (secondary N) is 1. The summed E-state index contributed by atoms with van der Waals surface area (Å²) in [5.74, 6) is 0.0252. The van der Waals surface area contributed by atoms with Crippen LogP contribution in [0.2, 0.25) is 0 Å². The largest absolute Gasteiger partial charge is 0.355 e. The Balaban J connectivity index is 1.90. The minimum atomic E-state index is -0.0932. The number of aryl methyl sites for hydroxylation is 1. The highest BCUT2D eigenvalue weighted by Gasteiger charge is 2.26. The molecule has 18 heavy (non-hydrogen) atoms. The van der Waals surface area contributed by atoms with E-state index in [1.807, 2.05) is 13.2 Å². The topological polar surface area (TPSA) is 67.2 Å². The van der Waals surface area contributed by atoms with E-state index < -0.39 is 0 Å². The Morgan fingerprint density at radius 1 is 1.67 bits per heavy atom. The van der Waals surface area contributed by atoms with Gasteiger partial charge >= 0.3 is 0 Å². The zero-order valence-corrected chi connectivity index (χ0v) is 10.7. The summed E-state index contributed by atoms with van der Waals surface area (Å²) >= 11 is 0. The Labute approximate surface area is 106 Å². The van der Waals surface area contributed by atoms with Gasteiger partial charge in [-0.05, 0) is 6.42 Å². The van der Waals surface area contributed by atoms with Gasteiger partial charge in [0.2, 0.25) is 11.8 Å². The lowest BCUT2D eigenvalue weighted by Gasteiger charge is -2.26. The summed E-state index contributed by atoms with van der Waals surface area (Å²) in [7, 11) is 3.63. The van der Waals surface area contributed by atoms with Crippen LogP contribution in [0, 0.1) is 5.92 Å². The first-order valence-electron chi connectivity index (χ1n) is 6.05. The zero-order valence-electron chi connectivity index (χ0n) is 10.7. The average molecular weight is 250 g/mol. The van der Waals surface area contributed by atoms with E-state index in [0.29, 0.717) is 25.9 Å². The van der Waals surface area contributed by atoms with Crippen LogP contribution in [0.1, 0.15) is 18.4 Å². The lowest BCUT2D eigenvalue weighted by molar-refractivity contribution is -0.136. The first-order chi connectivity index (χ1) is 8.56. The van der Waals surface area contributed by atoms with Crippen LogP contribution in [0.15, 0.2) is 12.4 Å². The number of hydrogen-bond acceptors (Lipinski definition) is 3. The van der Waals surface area contributed by atoms with Crippen molar-refractivity contribution < 1.29 is 9.59 Å². The third-order valence-corrected chi connectivity index (χ3v) is 3.17. The van der Waals surface area contributed by atoms with Crippen molar-refractivity contribution in [1.82, 2.24) is 20.0 Å². The molecular formula is C12H18N4O2. The smallest absolute Gasteiger partial charge is 0.227 e. The average Bonchev–Trinajstić information content (AvgIpc) is 2.75. The molecule has 1 unspecified atom stereocenters. The van der Waals surface area contributed by atoms with E-state index in [1.54, 1.807) is 22.8 Å². The summed E-state index contributed by atoms with van der Waals surface area (Å²) in [5.41, 5.74) is 1.01. The van der Waals surface area contributed by atoms with Gasteiger partial charge in [0.25, 0.3) is 0 Å². The van der Waals surface area contributed by atoms with Gasteiger partial charge in [-0.25, -0.2) is 0 Å². The minimum absolute atomic E-state index is 0.0361. The number of carbonyl (C=O) groups excluding carboxylic acids is 2. The molecule has 1 saturated heterocycles. The van der Waals surface area contributed by atoms with Crippen molar-refractivity contribution >= 4 is 11.8 Å². The van der Waals surface area contributed by atoms with Crippen LogP contribution >= 0.6 is 0 Å². The maximum atomic E-state index is 12.2. The van der Waals surface area contributed by atoms with E-state index >= 15 is 0 Å². The number of rotatable bonds is 3. The molecule has 98 valence electrons. The summed E-state index contributed by atoms with van der Waals surface area (Å²) in [6, 6.07) is 0. The normalized spacial score (nSPS) is 19.4. The lowest BCUT2D eigenvalue weighted by Crippen LogP contribution is -2.43. The summed E-state index contributed by atoms with van der Waals surface area (Å²) in [6.45, 7) is 1.01. The van der Waals surface area contributed by atoms with Gasteiger partial charge in [0.15, 0.2) is 0 Å². The summed E-state index contributed by atoms with van der Waals surface area (Å²) in [4.78, 5) is 24.9. The summed E-state index contributed by atoms with van der Waals surface area (Å²) in [6.07, 6.45) is 4.73. The van der Waals surface area contributed by atoms with Gasteiger partial charge < -0.3 is 10.2 Å². The molecule has 2 amide bonds. The second-order valence-corrected chi connectivity index (χ2v) is 4.76. The first-order valence-corrected chi connectivity index (χ1v) is 6.05. The molecular weight excluding hydrogens is 232 g/mol. The van der Waals surface area contributed by atoms with Crippen molar-refractivity contribution in [2.75, 3.05) is 13.6 Å². The SMILES string of the molecule is CN(Cc1cnn(C)c1)C(=O)C1CCC(=O)NC1. The highest BCUT2D eigenvalue weighted by atomic mass is 16.2. The van der Waals surface area contributed by atoms with E-state index in [4.69, 9.17) is 0 Å². The fraction of sp³-hybridized carbons (Fsp3) is 0.583. The molecule has 2 heterocycles. The predicted molar refractivity (Wildman–Crippen MR) is 65.4 cm³/mol. The molecule has 1 aromatic heterocycles. The van der Waals surface area contributed by atoms with Gasteiger partial charge in [0.1, 0.15) is 0 Å². The molecule has 1 N–H and O–H groups in total. The Bertz CT molecular complexity index is 445. The molecule has 2 rings (SSSR count). The molecule has 0 bridgehead atoms. The Morgan fingerprint density at radius 2 is 2.44 bits per heavy atom. The molecule has 6 heteroatoms. The van der Waals surface area contributed by atoms with Crippen molar-refractivity contribution in [2.24, 2.45) is 13.0 Å². The molecule has 0 aliphatic carbocycles. The van der Waals surface area contributed by atoms with Crippen molar-refractivity contribution in [3.63, 3.8) is 0 Å². The molecule has 6 nitrogen and oxygen atoms in total. The van der Waals surface area contributed by atoms with Crippen LogP contribution in [0.4, 0.5) is 0 Å². The molecule has 1 aromatic rings. The maximum absolute atomic E-state index is 12.2. The van der Waals surface area contributed by atoms with Crippen LogP contribution in [0.5, 0.6) is 0 Å². The summed E-state index contributed by atoms with van der Waals surface area (Å²) in [5, 5.41) is 6.81. The van der Waals surface area contributed by atoms with Crippen molar-refractivity contribution in [3.8, 4) is 0 Å². The number of carbonyl (C=O) groups is 2. The monoisotopic (exact) mass is 250 g/mol. The first kappa shape index (κ1) is 12.6. The fourth-order valence-corrected chi connectivity index (χ4v) is 2.16. The second-order valence-electron chi connectivity index (χ2n) is 4.76. The predicted octanol–water partition coefficient (Wildman–Crippen LogP) is -0.0953. The quantitative estimate of drug-likeness (QED) is 0.815. The van der Waals surface area contributed by atoms with Crippen LogP contribution < -0.4 is 5.32 Å². The molecule has 1 fully saturated rings. The highest BCUT2D eigenvalue weighted by molar-refractivity contribution is 5.83. The third-order valence-electron chi connectivity index (χ3n) is 3.17.